The lowest BCUT2D eigenvalue weighted by Crippen LogP contribution is -2.36. The van der Waals surface area contributed by atoms with Crippen LogP contribution < -0.4 is 4.72 Å². The molecule has 1 heterocycles. The highest BCUT2D eigenvalue weighted by atomic mass is 79.9. The third-order valence-corrected chi connectivity index (χ3v) is 7.11. The Morgan fingerprint density at radius 2 is 1.89 bits per heavy atom. The molecule has 0 unspecified atom stereocenters. The van der Waals surface area contributed by atoms with Gasteiger partial charge >= 0.3 is 0 Å². The predicted molar refractivity (Wildman–Crippen MR) is 117 cm³/mol. The fourth-order valence-corrected chi connectivity index (χ4v) is 4.52. The molecule has 0 radical (unpaired) electrons. The van der Waals surface area contributed by atoms with E-state index in [4.69, 9.17) is 0 Å². The Balaban J connectivity index is 2.16. The maximum absolute atomic E-state index is 14.1. The summed E-state index contributed by atoms with van der Waals surface area (Å²) < 4.78 is 32.7. The monoisotopic (exact) mass is 469 g/mol. The molecule has 1 aromatic heterocycles. The fourth-order valence-electron chi connectivity index (χ4n) is 3.18. The third-order valence-electron chi connectivity index (χ3n) is 4.84. The van der Waals surface area contributed by atoms with Gasteiger partial charge in [0.2, 0.25) is 0 Å². The van der Waals surface area contributed by atoms with Gasteiger partial charge in [0.05, 0.1) is 39.2 Å². The Hall–Kier alpha value is -1.05. The van der Waals surface area contributed by atoms with E-state index in [1.165, 1.54) is 12.1 Å². The molecule has 0 spiro atoms. The average molecular weight is 470 g/mol. The summed E-state index contributed by atoms with van der Waals surface area (Å²) in [6.07, 6.45) is 4.03. The Kier molecular flexibility index (Phi) is 5.92. The molecule has 1 aliphatic carbocycles. The predicted octanol–water partition coefficient (Wildman–Crippen LogP) is 5.71. The molecule has 3 rings (SSSR count). The molecule has 0 aliphatic heterocycles. The van der Waals surface area contributed by atoms with Crippen LogP contribution in [-0.4, -0.2) is 18.7 Å². The Labute approximate surface area is 178 Å². The van der Waals surface area contributed by atoms with Crippen molar-refractivity contribution >= 4 is 26.9 Å². The smallest absolute Gasteiger partial charge is 0.123 e. The second-order valence-corrected chi connectivity index (χ2v) is 12.3. The van der Waals surface area contributed by atoms with Crippen LogP contribution in [0.3, 0.4) is 0 Å². The maximum atomic E-state index is 14.1. The zero-order valence-corrected chi connectivity index (χ0v) is 19.7. The topological polar surface area (TPSA) is 46.9 Å². The molecule has 7 heteroatoms. The number of hydrogen-bond donors (Lipinski definition) is 1. The number of nitrogens with zero attached hydrogens (tertiary/aromatic N) is 2. The first-order valence-corrected chi connectivity index (χ1v) is 11.6. The molecule has 1 aliphatic rings. The molecule has 1 N–H and O–H groups in total. The van der Waals surface area contributed by atoms with Crippen molar-refractivity contribution in [2.75, 3.05) is 0 Å². The Morgan fingerprint density at radius 1 is 1.25 bits per heavy atom. The highest BCUT2D eigenvalue weighted by Gasteiger charge is 2.39. The number of halogens is 2. The number of aromatic nitrogens is 2. The fraction of sp³-hybridized carbons (Fsp3) is 0.571. The standard InChI is InChI=1S/C21H29BrFN3OS/c1-20(2,3)26-19(15-11-14(23)9-10-17(15)22)16(12-24-26)18(13-7-8-13)25-28(27)21(4,5)6/h9-13,18,25H,7-8H2,1-6H3/t18-,28+/m1/s1. The van der Waals surface area contributed by atoms with Gasteiger partial charge < -0.3 is 0 Å². The van der Waals surface area contributed by atoms with E-state index in [1.807, 2.05) is 31.6 Å². The molecular formula is C21H29BrFN3OS. The highest BCUT2D eigenvalue weighted by molar-refractivity contribution is 9.10. The lowest BCUT2D eigenvalue weighted by molar-refractivity contribution is 0.359. The molecule has 0 bridgehead atoms. The summed E-state index contributed by atoms with van der Waals surface area (Å²) in [6, 6.07) is 4.62. The first-order valence-electron chi connectivity index (χ1n) is 9.61. The van der Waals surface area contributed by atoms with Gasteiger partial charge in [0, 0.05) is 15.6 Å². The van der Waals surface area contributed by atoms with E-state index in [0.29, 0.717) is 5.92 Å². The number of hydrogen-bond acceptors (Lipinski definition) is 2. The van der Waals surface area contributed by atoms with Gasteiger partial charge in [0.25, 0.3) is 0 Å². The molecule has 4 nitrogen and oxygen atoms in total. The minimum Gasteiger partial charge on any atom is -0.259 e. The van der Waals surface area contributed by atoms with Gasteiger partial charge in [-0.3, -0.25) is 4.68 Å². The molecule has 1 aromatic carbocycles. The van der Waals surface area contributed by atoms with Crippen molar-refractivity contribution in [2.45, 2.75) is 70.7 Å². The van der Waals surface area contributed by atoms with Gasteiger partial charge in [0.1, 0.15) is 5.82 Å². The SMILES string of the molecule is CC(C)(C)n1ncc([C@H](N[S@@](=O)C(C)(C)C)C2CC2)c1-c1cc(F)ccc1Br. The first-order chi connectivity index (χ1) is 12.9. The molecular weight excluding hydrogens is 441 g/mol. The number of nitrogens with one attached hydrogen (secondary N) is 1. The van der Waals surface area contributed by atoms with E-state index >= 15 is 0 Å². The van der Waals surface area contributed by atoms with Gasteiger partial charge in [-0.25, -0.2) is 13.3 Å². The minimum atomic E-state index is -1.21. The highest BCUT2D eigenvalue weighted by Crippen LogP contribution is 2.46. The largest absolute Gasteiger partial charge is 0.259 e. The second-order valence-electron chi connectivity index (χ2n) is 9.47. The molecule has 1 fully saturated rings. The van der Waals surface area contributed by atoms with Crippen molar-refractivity contribution in [2.24, 2.45) is 5.92 Å². The first kappa shape index (κ1) is 21.7. The molecule has 2 atom stereocenters. The molecule has 28 heavy (non-hydrogen) atoms. The second kappa shape index (κ2) is 7.65. The number of benzene rings is 1. The lowest BCUT2D eigenvalue weighted by Gasteiger charge is -2.27. The average Bonchev–Trinajstić information content (AvgIpc) is 3.30. The summed E-state index contributed by atoms with van der Waals surface area (Å²) in [5, 5.41) is 4.67. The third kappa shape index (κ3) is 4.57. The van der Waals surface area contributed by atoms with Crippen molar-refractivity contribution in [3.8, 4) is 11.3 Å². The van der Waals surface area contributed by atoms with Crippen LogP contribution in [0.5, 0.6) is 0 Å². The van der Waals surface area contributed by atoms with Crippen molar-refractivity contribution in [3.63, 3.8) is 0 Å². The molecule has 0 amide bonds. The van der Waals surface area contributed by atoms with Gasteiger partial charge in [-0.05, 0) is 78.5 Å². The lowest BCUT2D eigenvalue weighted by atomic mass is 9.98. The van der Waals surface area contributed by atoms with E-state index in [9.17, 15) is 8.60 Å². The van der Waals surface area contributed by atoms with Gasteiger partial charge in [-0.2, -0.15) is 5.10 Å². The minimum absolute atomic E-state index is 0.0821. The summed E-state index contributed by atoms with van der Waals surface area (Å²) in [7, 11) is -1.21. The van der Waals surface area contributed by atoms with Crippen LogP contribution in [0, 0.1) is 11.7 Å². The van der Waals surface area contributed by atoms with E-state index in [-0.39, 0.29) is 22.1 Å². The summed E-state index contributed by atoms with van der Waals surface area (Å²) >= 11 is 3.58. The van der Waals surface area contributed by atoms with E-state index in [1.54, 1.807) is 6.07 Å². The van der Waals surface area contributed by atoms with Crippen LogP contribution in [0.15, 0.2) is 28.9 Å². The Bertz CT molecular complexity index is 894. The van der Waals surface area contributed by atoms with Gasteiger partial charge in [-0.15, -0.1) is 0 Å². The van der Waals surface area contributed by atoms with Crippen LogP contribution in [0.25, 0.3) is 11.3 Å². The summed E-state index contributed by atoms with van der Waals surface area (Å²) in [4.78, 5) is 0. The van der Waals surface area contributed by atoms with Crippen molar-refractivity contribution in [1.29, 1.82) is 0 Å². The van der Waals surface area contributed by atoms with E-state index < -0.39 is 11.0 Å². The molecule has 1 saturated carbocycles. The van der Waals surface area contributed by atoms with Gasteiger partial charge in [-0.1, -0.05) is 15.9 Å². The van der Waals surface area contributed by atoms with Crippen molar-refractivity contribution < 1.29 is 8.60 Å². The summed E-state index contributed by atoms with van der Waals surface area (Å²) in [5.74, 6) is 0.120. The Morgan fingerprint density at radius 3 is 2.43 bits per heavy atom. The molecule has 154 valence electrons. The van der Waals surface area contributed by atoms with Crippen LogP contribution in [0.2, 0.25) is 0 Å². The maximum Gasteiger partial charge on any atom is 0.123 e. The van der Waals surface area contributed by atoms with Crippen LogP contribution >= 0.6 is 15.9 Å². The summed E-state index contributed by atoms with van der Waals surface area (Å²) in [6.45, 7) is 12.1. The summed E-state index contributed by atoms with van der Waals surface area (Å²) in [5.41, 5.74) is 2.32. The molecule has 0 saturated heterocycles. The van der Waals surface area contributed by atoms with Crippen LogP contribution in [0.1, 0.15) is 66.0 Å². The van der Waals surface area contributed by atoms with Crippen LogP contribution in [0.4, 0.5) is 4.39 Å². The van der Waals surface area contributed by atoms with Crippen molar-refractivity contribution in [1.82, 2.24) is 14.5 Å². The quantitative estimate of drug-likeness (QED) is 0.609. The van der Waals surface area contributed by atoms with E-state index in [0.717, 1.165) is 34.1 Å². The zero-order chi connectivity index (χ0) is 20.9. The zero-order valence-electron chi connectivity index (χ0n) is 17.3. The normalized spacial score (nSPS) is 17.6. The van der Waals surface area contributed by atoms with E-state index in [2.05, 4.69) is 46.5 Å². The van der Waals surface area contributed by atoms with Gasteiger partial charge in [0.15, 0.2) is 0 Å². The van der Waals surface area contributed by atoms with Crippen molar-refractivity contribution in [3.05, 3.63) is 40.2 Å². The number of rotatable bonds is 5. The van der Waals surface area contributed by atoms with Crippen LogP contribution in [-0.2, 0) is 16.5 Å². The molecule has 2 aromatic rings.